The van der Waals surface area contributed by atoms with E-state index in [2.05, 4.69) is 62.8 Å². The van der Waals surface area contributed by atoms with E-state index in [1.54, 1.807) is 18.4 Å². The molecule has 2 aromatic rings. The molecule has 1 fully saturated rings. The van der Waals surface area contributed by atoms with E-state index in [9.17, 15) is 0 Å². The Labute approximate surface area is 207 Å². The highest BCUT2D eigenvalue weighted by Gasteiger charge is 2.19. The minimum absolute atomic E-state index is 0. The second-order valence-electron chi connectivity index (χ2n) is 7.78. The molecule has 1 aromatic carbocycles. The van der Waals surface area contributed by atoms with Crippen LogP contribution in [0.3, 0.4) is 0 Å². The van der Waals surface area contributed by atoms with E-state index < -0.39 is 0 Å². The van der Waals surface area contributed by atoms with E-state index in [0.717, 1.165) is 75.3 Å². The van der Waals surface area contributed by atoms with Crippen LogP contribution in [0.5, 0.6) is 0 Å². The summed E-state index contributed by atoms with van der Waals surface area (Å²) in [7, 11) is 1.81. The van der Waals surface area contributed by atoms with Crippen LogP contribution in [-0.4, -0.2) is 55.2 Å². The van der Waals surface area contributed by atoms with E-state index >= 15 is 0 Å². The number of piperidine rings is 1. The number of hydrogen-bond donors (Lipinski definition) is 2. The molecule has 6 nitrogen and oxygen atoms in total. The maximum atomic E-state index is 6.11. The molecule has 0 aliphatic carbocycles. The molecule has 8 heteroatoms. The number of aryl methyl sites for hydroxylation is 2. The number of rotatable bonds is 9. The van der Waals surface area contributed by atoms with Crippen LogP contribution < -0.4 is 10.6 Å². The number of nitrogens with one attached hydrogen (secondary N) is 2. The van der Waals surface area contributed by atoms with Crippen LogP contribution in [0, 0.1) is 13.8 Å². The highest BCUT2D eigenvalue weighted by atomic mass is 127. The van der Waals surface area contributed by atoms with Gasteiger partial charge in [-0.05, 0) is 38.7 Å². The van der Waals surface area contributed by atoms with Crippen LogP contribution in [-0.2, 0) is 17.8 Å². The molecule has 172 valence electrons. The molecule has 1 aliphatic rings. The molecule has 0 radical (unpaired) electrons. The average molecular weight is 558 g/mol. The van der Waals surface area contributed by atoms with E-state index in [4.69, 9.17) is 4.74 Å². The summed E-state index contributed by atoms with van der Waals surface area (Å²) >= 11 is 1.74. The minimum Gasteiger partial charge on any atom is -0.378 e. The van der Waals surface area contributed by atoms with Crippen molar-refractivity contribution in [2.24, 2.45) is 4.99 Å². The van der Waals surface area contributed by atoms with Crippen molar-refractivity contribution < 1.29 is 4.74 Å². The topological polar surface area (TPSA) is 61.8 Å². The third-order valence-electron chi connectivity index (χ3n) is 5.39. The van der Waals surface area contributed by atoms with Crippen molar-refractivity contribution in [3.8, 4) is 0 Å². The summed E-state index contributed by atoms with van der Waals surface area (Å²) in [4.78, 5) is 12.6. The van der Waals surface area contributed by atoms with Crippen LogP contribution in [0.2, 0.25) is 0 Å². The van der Waals surface area contributed by atoms with Gasteiger partial charge < -0.3 is 15.4 Å². The van der Waals surface area contributed by atoms with Crippen molar-refractivity contribution >= 4 is 41.3 Å². The van der Waals surface area contributed by atoms with Gasteiger partial charge in [0.15, 0.2) is 5.96 Å². The summed E-state index contributed by atoms with van der Waals surface area (Å²) in [5.74, 6) is 0.828. The molecule has 0 saturated carbocycles. The Bertz CT molecular complexity index is 791. The zero-order chi connectivity index (χ0) is 21.2. The number of hydrogen-bond acceptors (Lipinski definition) is 5. The molecule has 0 spiro atoms. The first-order valence-corrected chi connectivity index (χ1v) is 11.7. The average Bonchev–Trinajstić information content (AvgIpc) is 3.09. The fourth-order valence-corrected chi connectivity index (χ4v) is 4.60. The lowest BCUT2D eigenvalue weighted by Gasteiger charge is -2.32. The highest BCUT2D eigenvalue weighted by molar-refractivity contribution is 14.0. The first-order chi connectivity index (χ1) is 14.6. The Morgan fingerprint density at radius 2 is 1.94 bits per heavy atom. The van der Waals surface area contributed by atoms with Gasteiger partial charge in [0.05, 0.1) is 23.4 Å². The molecule has 0 unspecified atom stereocenters. The van der Waals surface area contributed by atoms with Crippen molar-refractivity contribution in [1.82, 2.24) is 20.5 Å². The van der Waals surface area contributed by atoms with Gasteiger partial charge in [-0.25, -0.2) is 4.98 Å². The summed E-state index contributed by atoms with van der Waals surface area (Å²) in [6.45, 7) is 9.78. The van der Waals surface area contributed by atoms with Crippen molar-refractivity contribution in [2.45, 2.75) is 52.3 Å². The van der Waals surface area contributed by atoms with Crippen LogP contribution in [0.4, 0.5) is 0 Å². The predicted molar refractivity (Wildman–Crippen MR) is 141 cm³/mol. The van der Waals surface area contributed by atoms with Crippen LogP contribution in [0.1, 0.15) is 40.4 Å². The van der Waals surface area contributed by atoms with Crippen molar-refractivity contribution in [3.05, 3.63) is 51.5 Å². The largest absolute Gasteiger partial charge is 0.378 e. The van der Waals surface area contributed by atoms with Gasteiger partial charge in [0.2, 0.25) is 0 Å². The molecule has 0 bridgehead atoms. The van der Waals surface area contributed by atoms with Gasteiger partial charge in [-0.2, -0.15) is 0 Å². The Balaban J connectivity index is 0.00000341. The summed E-state index contributed by atoms with van der Waals surface area (Å²) in [6, 6.07) is 10.7. The number of aromatic nitrogens is 1. The van der Waals surface area contributed by atoms with Crippen molar-refractivity contribution in [3.63, 3.8) is 0 Å². The van der Waals surface area contributed by atoms with Gasteiger partial charge in [-0.1, -0.05) is 30.3 Å². The summed E-state index contributed by atoms with van der Waals surface area (Å²) in [6.07, 6.45) is 3.62. The number of aliphatic imine (C=N–C) groups is 1. The second-order valence-corrected chi connectivity index (χ2v) is 9.07. The van der Waals surface area contributed by atoms with Crippen molar-refractivity contribution in [2.75, 3.05) is 33.3 Å². The Kier molecular flexibility index (Phi) is 11.8. The number of likely N-dealkylation sites (tertiary alicyclic amines) is 1. The van der Waals surface area contributed by atoms with E-state index in [1.165, 1.54) is 10.4 Å². The summed E-state index contributed by atoms with van der Waals surface area (Å²) in [5.41, 5.74) is 2.49. The second kappa shape index (κ2) is 14.0. The number of thiazole rings is 1. The molecule has 1 saturated heterocycles. The van der Waals surface area contributed by atoms with Crippen molar-refractivity contribution in [1.29, 1.82) is 0 Å². The number of ether oxygens (including phenoxy) is 1. The lowest BCUT2D eigenvalue weighted by Crippen LogP contribution is -2.38. The van der Waals surface area contributed by atoms with E-state index in [0.29, 0.717) is 6.10 Å². The number of guanidine groups is 1. The van der Waals surface area contributed by atoms with E-state index in [-0.39, 0.29) is 24.0 Å². The molecule has 0 atom stereocenters. The predicted octanol–water partition coefficient (Wildman–Crippen LogP) is 4.11. The minimum atomic E-state index is 0. The van der Waals surface area contributed by atoms with Gasteiger partial charge in [0.1, 0.15) is 0 Å². The summed E-state index contributed by atoms with van der Waals surface area (Å²) < 4.78 is 6.11. The molecule has 31 heavy (non-hydrogen) atoms. The highest BCUT2D eigenvalue weighted by Crippen LogP contribution is 2.17. The molecule has 1 aromatic heterocycles. The molecular weight excluding hydrogens is 521 g/mol. The molecule has 3 rings (SSSR count). The van der Waals surface area contributed by atoms with Gasteiger partial charge in [-0.15, -0.1) is 35.3 Å². The Hall–Kier alpha value is -1.23. The first kappa shape index (κ1) is 26.0. The monoisotopic (exact) mass is 557 g/mol. The van der Waals surface area contributed by atoms with E-state index in [1.807, 2.05) is 6.92 Å². The Morgan fingerprint density at radius 3 is 2.58 bits per heavy atom. The Morgan fingerprint density at radius 1 is 1.19 bits per heavy atom. The van der Waals surface area contributed by atoms with Gasteiger partial charge >= 0.3 is 0 Å². The normalized spacial score (nSPS) is 15.5. The number of halogens is 1. The fraction of sp³-hybridized carbons (Fsp3) is 0.565. The molecular formula is C23H36IN5OS. The molecule has 2 heterocycles. The van der Waals surface area contributed by atoms with Crippen LogP contribution in [0.25, 0.3) is 0 Å². The van der Waals surface area contributed by atoms with Gasteiger partial charge in [0.25, 0.3) is 0 Å². The first-order valence-electron chi connectivity index (χ1n) is 10.9. The lowest BCUT2D eigenvalue weighted by atomic mass is 10.1. The van der Waals surface area contributed by atoms with Crippen LogP contribution in [0.15, 0.2) is 35.3 Å². The number of benzene rings is 1. The fourth-order valence-electron chi connectivity index (χ4n) is 3.73. The summed E-state index contributed by atoms with van der Waals surface area (Å²) in [5, 5.41) is 7.85. The molecule has 0 amide bonds. The smallest absolute Gasteiger partial charge is 0.191 e. The maximum Gasteiger partial charge on any atom is 0.191 e. The zero-order valence-corrected chi connectivity index (χ0v) is 22.0. The standard InChI is InChI=1S/C23H35N5OS.HI/c1-18-22(30-19(2)27-18)16-26-23(24-3)25-12-7-15-29-21-10-13-28(14-11-21)17-20-8-5-4-6-9-20;/h4-6,8-9,21H,7,10-17H2,1-3H3,(H2,24,25,26);1H. The maximum absolute atomic E-state index is 6.11. The lowest BCUT2D eigenvalue weighted by molar-refractivity contribution is 0.00534. The molecule has 2 N–H and O–H groups in total. The number of nitrogens with zero attached hydrogens (tertiary/aromatic N) is 3. The quantitative estimate of drug-likeness (QED) is 0.210. The van der Waals surface area contributed by atoms with Crippen LogP contribution >= 0.6 is 35.3 Å². The third-order valence-corrected chi connectivity index (χ3v) is 6.46. The third kappa shape index (κ3) is 9.03. The molecule has 1 aliphatic heterocycles. The SMILES string of the molecule is CN=C(NCCCOC1CCN(Cc2ccccc2)CC1)NCc1sc(C)nc1C.I. The van der Waals surface area contributed by atoms with Gasteiger partial charge in [-0.3, -0.25) is 9.89 Å². The zero-order valence-electron chi connectivity index (χ0n) is 18.9. The van der Waals surface area contributed by atoms with Gasteiger partial charge in [0, 0.05) is 44.7 Å².